The zero-order valence-corrected chi connectivity index (χ0v) is 19.6. The first kappa shape index (κ1) is 25.3. The van der Waals surface area contributed by atoms with Crippen LogP contribution in [0.25, 0.3) is 11.4 Å². The summed E-state index contributed by atoms with van der Waals surface area (Å²) in [7, 11) is 0. The maximum absolute atomic E-state index is 13.9. The normalized spacial score (nSPS) is 12.1. The Hall–Kier alpha value is -1.97. The molecule has 0 aliphatic heterocycles. The summed E-state index contributed by atoms with van der Waals surface area (Å²) < 4.78 is 19.4. The largest absolute Gasteiger partial charge is 0.487 e. The lowest BCUT2D eigenvalue weighted by molar-refractivity contribution is 0.183. The van der Waals surface area contributed by atoms with E-state index in [0.29, 0.717) is 18.0 Å². The Bertz CT molecular complexity index is 687. The molecule has 0 saturated carbocycles. The van der Waals surface area contributed by atoms with Crippen LogP contribution in [0.3, 0.4) is 0 Å². The number of aromatic nitrogens is 2. The summed E-state index contributed by atoms with van der Waals surface area (Å²) in [5.74, 6) is 1.20. The summed E-state index contributed by atoms with van der Waals surface area (Å²) in [6.07, 6.45) is 17.7. The van der Waals surface area contributed by atoms with E-state index in [2.05, 4.69) is 48.1 Å². The van der Waals surface area contributed by atoms with Gasteiger partial charge in [-0.25, -0.2) is 14.4 Å². The number of halogens is 1. The average Bonchev–Trinajstić information content (AvgIpc) is 2.81. The monoisotopic (exact) mass is 428 g/mol. The predicted octanol–water partition coefficient (Wildman–Crippen LogP) is 8.12. The molecule has 3 nitrogen and oxygen atoms in total. The van der Waals surface area contributed by atoms with Gasteiger partial charge in [-0.15, -0.1) is 0 Å². The van der Waals surface area contributed by atoms with Crippen LogP contribution in [-0.2, 0) is 6.42 Å². The van der Waals surface area contributed by atoms with Gasteiger partial charge in [-0.05, 0) is 24.8 Å². The van der Waals surface area contributed by atoms with E-state index >= 15 is 0 Å². The van der Waals surface area contributed by atoms with Crippen molar-refractivity contribution in [2.24, 2.45) is 0 Å². The van der Waals surface area contributed by atoms with Gasteiger partial charge in [0.05, 0.1) is 12.4 Å². The number of rotatable bonds is 17. The van der Waals surface area contributed by atoms with Gasteiger partial charge in [-0.3, -0.25) is 0 Å². The first-order valence-electron chi connectivity index (χ1n) is 12.4. The van der Waals surface area contributed by atoms with Crippen molar-refractivity contribution in [2.45, 2.75) is 103 Å². The first-order valence-corrected chi connectivity index (χ1v) is 12.4. The highest BCUT2D eigenvalue weighted by Crippen LogP contribution is 2.19. The van der Waals surface area contributed by atoms with E-state index in [-0.39, 0.29) is 6.61 Å². The van der Waals surface area contributed by atoms with Gasteiger partial charge >= 0.3 is 0 Å². The van der Waals surface area contributed by atoms with Crippen LogP contribution in [0.15, 0.2) is 36.7 Å². The van der Waals surface area contributed by atoms with Gasteiger partial charge in [-0.2, -0.15) is 0 Å². The van der Waals surface area contributed by atoms with E-state index in [4.69, 9.17) is 4.74 Å². The fourth-order valence-corrected chi connectivity index (χ4v) is 3.71. The number of hydrogen-bond donors (Lipinski definition) is 0. The van der Waals surface area contributed by atoms with Crippen LogP contribution in [0, 0.1) is 0 Å². The van der Waals surface area contributed by atoms with Crippen molar-refractivity contribution >= 4 is 0 Å². The Balaban J connectivity index is 1.69. The van der Waals surface area contributed by atoms with E-state index < -0.39 is 6.17 Å². The zero-order valence-electron chi connectivity index (χ0n) is 19.6. The molecule has 31 heavy (non-hydrogen) atoms. The summed E-state index contributed by atoms with van der Waals surface area (Å²) in [5.41, 5.74) is 2.36. The van der Waals surface area contributed by atoms with Gasteiger partial charge in [0.25, 0.3) is 0 Å². The Labute approximate surface area is 188 Å². The van der Waals surface area contributed by atoms with Gasteiger partial charge in [0.2, 0.25) is 0 Å². The Kier molecular flexibility index (Phi) is 12.9. The van der Waals surface area contributed by atoms with Crippen molar-refractivity contribution < 1.29 is 9.13 Å². The quantitative estimate of drug-likeness (QED) is 0.239. The third-order valence-electron chi connectivity index (χ3n) is 5.71. The van der Waals surface area contributed by atoms with E-state index in [1.54, 1.807) is 12.4 Å². The van der Waals surface area contributed by atoms with Gasteiger partial charge in [0.1, 0.15) is 12.8 Å². The first-order chi connectivity index (χ1) is 15.2. The molecule has 2 rings (SSSR count). The molecule has 0 unspecified atom stereocenters. The topological polar surface area (TPSA) is 35.0 Å². The van der Waals surface area contributed by atoms with Crippen molar-refractivity contribution in [1.29, 1.82) is 0 Å². The SMILES string of the molecule is CCCCCCCCCc1ccc(-c2ncc(OC[C@@H](F)CCCCCC)cn2)cc1. The molecule has 0 spiro atoms. The molecule has 1 aromatic heterocycles. The molecule has 0 aliphatic rings. The third kappa shape index (κ3) is 10.8. The maximum Gasteiger partial charge on any atom is 0.159 e. The van der Waals surface area contributed by atoms with Crippen LogP contribution >= 0.6 is 0 Å². The van der Waals surface area contributed by atoms with Gasteiger partial charge in [0, 0.05) is 5.56 Å². The second-order valence-corrected chi connectivity index (χ2v) is 8.57. The van der Waals surface area contributed by atoms with Crippen molar-refractivity contribution in [2.75, 3.05) is 6.61 Å². The molecule has 0 fully saturated rings. The number of hydrogen-bond acceptors (Lipinski definition) is 3. The minimum atomic E-state index is -0.930. The minimum Gasteiger partial charge on any atom is -0.487 e. The molecule has 0 amide bonds. The number of unbranched alkanes of at least 4 members (excludes halogenated alkanes) is 9. The molecule has 172 valence electrons. The van der Waals surface area contributed by atoms with E-state index in [1.807, 2.05) is 0 Å². The molecule has 0 N–H and O–H groups in total. The Morgan fingerprint density at radius 2 is 1.35 bits per heavy atom. The number of benzene rings is 1. The molecular weight excluding hydrogens is 387 g/mol. The predicted molar refractivity (Wildman–Crippen MR) is 128 cm³/mol. The molecule has 1 atom stereocenters. The summed E-state index contributed by atoms with van der Waals surface area (Å²) in [5, 5.41) is 0. The highest BCUT2D eigenvalue weighted by Gasteiger charge is 2.08. The lowest BCUT2D eigenvalue weighted by Gasteiger charge is -2.10. The minimum absolute atomic E-state index is 0.0716. The molecular formula is C27H41FN2O. The summed E-state index contributed by atoms with van der Waals surface area (Å²) in [6.45, 7) is 4.49. The Morgan fingerprint density at radius 1 is 0.774 bits per heavy atom. The molecule has 4 heteroatoms. The summed E-state index contributed by atoms with van der Waals surface area (Å²) >= 11 is 0. The van der Waals surface area contributed by atoms with Crippen molar-refractivity contribution in [3.8, 4) is 17.1 Å². The fraction of sp³-hybridized carbons (Fsp3) is 0.630. The van der Waals surface area contributed by atoms with Gasteiger partial charge in [0.15, 0.2) is 11.6 Å². The molecule has 0 bridgehead atoms. The lowest BCUT2D eigenvalue weighted by atomic mass is 10.0. The molecule has 0 radical (unpaired) electrons. The van der Waals surface area contributed by atoms with Gasteiger partial charge < -0.3 is 4.74 Å². The molecule has 0 saturated heterocycles. The number of nitrogens with zero attached hydrogens (tertiary/aromatic N) is 2. The second kappa shape index (κ2) is 15.8. The number of aryl methyl sites for hydroxylation is 1. The third-order valence-corrected chi connectivity index (χ3v) is 5.71. The molecule has 0 aliphatic carbocycles. The van der Waals surface area contributed by atoms with Crippen LogP contribution in [-0.4, -0.2) is 22.7 Å². The molecule has 1 heterocycles. The Morgan fingerprint density at radius 3 is 2.00 bits per heavy atom. The number of alkyl halides is 1. The summed E-state index contributed by atoms with van der Waals surface area (Å²) in [4.78, 5) is 8.79. The van der Waals surface area contributed by atoms with Crippen LogP contribution in [0.1, 0.15) is 96.5 Å². The standard InChI is InChI=1S/C27H41FN2O/c1-3-5-7-9-10-11-12-14-23-16-18-24(19-17-23)27-29-20-26(21-30-27)31-22-25(28)15-13-8-6-4-2/h16-21,25H,3-15,22H2,1-2H3/t25-/m0/s1. The van der Waals surface area contributed by atoms with Gasteiger partial charge in [-0.1, -0.05) is 102 Å². The average molecular weight is 429 g/mol. The van der Waals surface area contributed by atoms with Crippen molar-refractivity contribution in [3.05, 3.63) is 42.2 Å². The zero-order chi connectivity index (χ0) is 22.2. The lowest BCUT2D eigenvalue weighted by Crippen LogP contribution is -2.13. The van der Waals surface area contributed by atoms with Crippen LogP contribution in [0.2, 0.25) is 0 Å². The van der Waals surface area contributed by atoms with E-state index in [9.17, 15) is 4.39 Å². The van der Waals surface area contributed by atoms with Crippen LogP contribution in [0.4, 0.5) is 4.39 Å². The highest BCUT2D eigenvalue weighted by molar-refractivity contribution is 5.55. The smallest absolute Gasteiger partial charge is 0.159 e. The van der Waals surface area contributed by atoms with Crippen molar-refractivity contribution in [1.82, 2.24) is 9.97 Å². The molecule has 1 aromatic carbocycles. The molecule has 2 aromatic rings. The van der Waals surface area contributed by atoms with Crippen LogP contribution < -0.4 is 4.74 Å². The maximum atomic E-state index is 13.9. The second-order valence-electron chi connectivity index (χ2n) is 8.57. The number of ether oxygens (including phenoxy) is 1. The van der Waals surface area contributed by atoms with Crippen LogP contribution in [0.5, 0.6) is 5.75 Å². The van der Waals surface area contributed by atoms with Crippen molar-refractivity contribution in [3.63, 3.8) is 0 Å². The summed E-state index contributed by atoms with van der Waals surface area (Å²) in [6, 6.07) is 8.51. The fourth-order valence-electron chi connectivity index (χ4n) is 3.71. The highest BCUT2D eigenvalue weighted by atomic mass is 19.1. The van der Waals surface area contributed by atoms with E-state index in [0.717, 1.165) is 24.8 Å². The van der Waals surface area contributed by atoms with E-state index in [1.165, 1.54) is 63.4 Å².